The number of phenolic OH excluding ortho intramolecular Hbond substituents is 1. The van der Waals surface area contributed by atoms with Crippen molar-refractivity contribution in [2.24, 2.45) is 0 Å². The Balaban J connectivity index is 1.87. The number of thioether (sulfide) groups is 1. The number of nitrogens with one attached hydrogen (secondary N) is 1. The van der Waals surface area contributed by atoms with Crippen molar-refractivity contribution in [2.45, 2.75) is 30.8 Å². The minimum Gasteiger partial charge on any atom is -0.508 e. The summed E-state index contributed by atoms with van der Waals surface area (Å²) < 4.78 is 0. The van der Waals surface area contributed by atoms with Crippen molar-refractivity contribution in [3.05, 3.63) is 34.7 Å². The Morgan fingerprint density at radius 2 is 2.09 bits per heavy atom. The van der Waals surface area contributed by atoms with Crippen molar-refractivity contribution in [1.29, 1.82) is 0 Å². The smallest absolute Gasteiger partial charge is 0.190 e. The predicted octanol–water partition coefficient (Wildman–Crippen LogP) is 4.74. The molecule has 0 bridgehead atoms. The highest BCUT2D eigenvalue weighted by molar-refractivity contribution is 7.98. The number of phenols is 1. The summed E-state index contributed by atoms with van der Waals surface area (Å²) in [6.07, 6.45) is 6.74. The molecule has 2 N–H and O–H groups in total. The van der Waals surface area contributed by atoms with Crippen molar-refractivity contribution in [3.63, 3.8) is 0 Å². The van der Waals surface area contributed by atoms with E-state index in [1.54, 1.807) is 35.2 Å². The van der Waals surface area contributed by atoms with Crippen LogP contribution in [0.3, 0.4) is 0 Å². The van der Waals surface area contributed by atoms with Crippen LogP contribution in [-0.2, 0) is 12.8 Å². The number of nitrogens with zero attached hydrogens (tertiary/aromatic N) is 2. The second-order valence-electron chi connectivity index (χ2n) is 5.63. The molecule has 0 saturated carbocycles. The number of hydrogen-bond acceptors (Lipinski definition) is 6. The second-order valence-corrected chi connectivity index (χ2v) is 7.48. The van der Waals surface area contributed by atoms with Gasteiger partial charge in [-0.1, -0.05) is 17.8 Å². The maximum Gasteiger partial charge on any atom is 0.190 e. The Labute approximate surface area is 143 Å². The molecule has 118 valence electrons. The maximum atomic E-state index is 9.68. The minimum absolute atomic E-state index is 0.248. The lowest BCUT2D eigenvalue weighted by atomic mass is 9.97. The number of aromatic nitrogens is 2. The number of thiophene rings is 1. The zero-order chi connectivity index (χ0) is 15.8. The number of aromatic hydroxyl groups is 1. The first-order chi connectivity index (χ1) is 11.2. The Kier molecular flexibility index (Phi) is 3.87. The molecule has 0 atom stereocenters. The van der Waals surface area contributed by atoms with Crippen molar-refractivity contribution >= 4 is 44.8 Å². The fraction of sp³-hybridized carbons (Fsp3) is 0.294. The quantitative estimate of drug-likeness (QED) is 0.531. The Hall–Kier alpha value is -1.79. The highest BCUT2D eigenvalue weighted by atomic mass is 32.2. The summed E-state index contributed by atoms with van der Waals surface area (Å²) in [6.45, 7) is 0. The van der Waals surface area contributed by atoms with Crippen LogP contribution in [0.2, 0.25) is 0 Å². The van der Waals surface area contributed by atoms with Crippen molar-refractivity contribution in [3.8, 4) is 5.75 Å². The van der Waals surface area contributed by atoms with Gasteiger partial charge < -0.3 is 10.4 Å². The number of hydrogen-bond donors (Lipinski definition) is 2. The molecule has 1 aliphatic carbocycles. The van der Waals surface area contributed by atoms with Crippen LogP contribution in [0.15, 0.2) is 29.4 Å². The van der Waals surface area contributed by atoms with E-state index >= 15 is 0 Å². The standard InChI is InChI=1S/C17H17N3OS2/c1-22-17-19-15(18-10-5-4-6-11(21)9-10)14-12-7-2-3-8-13(12)23-16(14)20-17/h4-6,9,21H,2-3,7-8H2,1H3,(H,18,19,20). The maximum absolute atomic E-state index is 9.68. The van der Waals surface area contributed by atoms with Crippen LogP contribution in [0.4, 0.5) is 11.5 Å². The van der Waals surface area contributed by atoms with E-state index in [0.717, 1.165) is 39.7 Å². The van der Waals surface area contributed by atoms with Gasteiger partial charge in [-0.05, 0) is 49.6 Å². The molecule has 1 aromatic carbocycles. The predicted molar refractivity (Wildman–Crippen MR) is 97.2 cm³/mol. The van der Waals surface area contributed by atoms with Gasteiger partial charge in [0, 0.05) is 16.6 Å². The number of aryl methyl sites for hydroxylation is 2. The molecule has 1 aliphatic rings. The molecule has 4 nitrogen and oxygen atoms in total. The molecule has 0 saturated heterocycles. The molecule has 0 radical (unpaired) electrons. The molecule has 2 aromatic heterocycles. The van der Waals surface area contributed by atoms with Crippen LogP contribution in [0.5, 0.6) is 5.75 Å². The van der Waals surface area contributed by atoms with Gasteiger partial charge in [0.15, 0.2) is 5.16 Å². The largest absolute Gasteiger partial charge is 0.508 e. The van der Waals surface area contributed by atoms with Crippen molar-refractivity contribution in [1.82, 2.24) is 9.97 Å². The van der Waals surface area contributed by atoms with E-state index in [9.17, 15) is 5.11 Å². The molecule has 0 spiro atoms. The van der Waals surface area contributed by atoms with Gasteiger partial charge in [0.25, 0.3) is 0 Å². The van der Waals surface area contributed by atoms with Gasteiger partial charge in [-0.15, -0.1) is 11.3 Å². The summed E-state index contributed by atoms with van der Waals surface area (Å²) in [6, 6.07) is 7.14. The molecule has 0 unspecified atom stereocenters. The zero-order valence-corrected chi connectivity index (χ0v) is 14.4. The van der Waals surface area contributed by atoms with Gasteiger partial charge >= 0.3 is 0 Å². The molecule has 4 rings (SSSR count). The van der Waals surface area contributed by atoms with Crippen LogP contribution < -0.4 is 5.32 Å². The lowest BCUT2D eigenvalue weighted by Crippen LogP contribution is -2.01. The topological polar surface area (TPSA) is 58.0 Å². The van der Waals surface area contributed by atoms with E-state index in [4.69, 9.17) is 9.97 Å². The first kappa shape index (κ1) is 14.8. The van der Waals surface area contributed by atoms with Crippen LogP contribution in [0, 0.1) is 0 Å². The van der Waals surface area contributed by atoms with Crippen LogP contribution in [0.25, 0.3) is 10.2 Å². The average molecular weight is 343 g/mol. The Morgan fingerprint density at radius 1 is 1.22 bits per heavy atom. The third-order valence-corrected chi connectivity index (χ3v) is 5.82. The number of anilines is 2. The summed E-state index contributed by atoms with van der Waals surface area (Å²) in [7, 11) is 0. The number of benzene rings is 1. The van der Waals surface area contributed by atoms with Crippen molar-refractivity contribution in [2.75, 3.05) is 11.6 Å². The van der Waals surface area contributed by atoms with Gasteiger partial charge in [-0.2, -0.15) is 0 Å². The highest BCUT2D eigenvalue weighted by Crippen LogP contribution is 2.40. The monoisotopic (exact) mass is 343 g/mol. The summed E-state index contributed by atoms with van der Waals surface area (Å²) in [4.78, 5) is 11.9. The molecule has 2 heterocycles. The number of rotatable bonds is 3. The van der Waals surface area contributed by atoms with Gasteiger partial charge in [0.2, 0.25) is 0 Å². The van der Waals surface area contributed by atoms with Crippen LogP contribution >= 0.6 is 23.1 Å². The molecular weight excluding hydrogens is 326 g/mol. The fourth-order valence-electron chi connectivity index (χ4n) is 3.04. The lowest BCUT2D eigenvalue weighted by molar-refractivity contribution is 0.475. The van der Waals surface area contributed by atoms with Crippen LogP contribution in [0.1, 0.15) is 23.3 Å². The summed E-state index contributed by atoms with van der Waals surface area (Å²) in [5.41, 5.74) is 2.25. The summed E-state index contributed by atoms with van der Waals surface area (Å²) in [5, 5.41) is 15.0. The number of fused-ring (bicyclic) bond motifs is 3. The second kappa shape index (κ2) is 6.02. The van der Waals surface area contributed by atoms with E-state index in [0.29, 0.717) is 0 Å². The highest BCUT2D eigenvalue weighted by Gasteiger charge is 2.21. The Morgan fingerprint density at radius 3 is 2.91 bits per heavy atom. The van der Waals surface area contributed by atoms with Gasteiger partial charge in [-0.25, -0.2) is 9.97 Å². The van der Waals surface area contributed by atoms with Gasteiger partial charge in [-0.3, -0.25) is 0 Å². The first-order valence-corrected chi connectivity index (χ1v) is 9.71. The molecule has 3 aromatic rings. The Bertz CT molecular complexity index is 876. The average Bonchev–Trinajstić information content (AvgIpc) is 2.93. The van der Waals surface area contributed by atoms with Gasteiger partial charge in [0.05, 0.1) is 5.39 Å². The first-order valence-electron chi connectivity index (χ1n) is 7.67. The fourth-order valence-corrected chi connectivity index (χ4v) is 4.72. The normalized spacial score (nSPS) is 14.0. The molecular formula is C17H17N3OS2. The van der Waals surface area contributed by atoms with Gasteiger partial charge in [0.1, 0.15) is 16.4 Å². The van der Waals surface area contributed by atoms with E-state index in [1.165, 1.54) is 23.3 Å². The van der Waals surface area contributed by atoms with E-state index in [-0.39, 0.29) is 5.75 Å². The molecule has 23 heavy (non-hydrogen) atoms. The van der Waals surface area contributed by atoms with E-state index < -0.39 is 0 Å². The third kappa shape index (κ3) is 2.77. The summed E-state index contributed by atoms with van der Waals surface area (Å²) in [5.74, 6) is 1.10. The molecule has 0 fully saturated rings. The van der Waals surface area contributed by atoms with E-state index in [2.05, 4.69) is 5.32 Å². The summed E-state index contributed by atoms with van der Waals surface area (Å²) >= 11 is 3.36. The SMILES string of the molecule is CSc1nc(Nc2cccc(O)c2)c2c3c(sc2n1)CCCC3. The molecule has 6 heteroatoms. The third-order valence-electron chi connectivity index (χ3n) is 4.09. The van der Waals surface area contributed by atoms with Crippen LogP contribution in [-0.4, -0.2) is 21.3 Å². The zero-order valence-electron chi connectivity index (χ0n) is 12.8. The molecule has 0 aliphatic heterocycles. The molecule has 0 amide bonds. The van der Waals surface area contributed by atoms with E-state index in [1.807, 2.05) is 18.4 Å². The lowest BCUT2D eigenvalue weighted by Gasteiger charge is -2.13. The minimum atomic E-state index is 0.248. The van der Waals surface area contributed by atoms with Crippen molar-refractivity contribution < 1.29 is 5.11 Å².